The van der Waals surface area contributed by atoms with Crippen LogP contribution < -0.4 is 19.0 Å². The van der Waals surface area contributed by atoms with Crippen molar-refractivity contribution in [1.82, 2.24) is 0 Å². The quantitative estimate of drug-likeness (QED) is 0.210. The van der Waals surface area contributed by atoms with Crippen molar-refractivity contribution in [2.75, 3.05) is 31.8 Å². The van der Waals surface area contributed by atoms with Crippen LogP contribution in [-0.4, -0.2) is 34.9 Å². The Hall–Kier alpha value is -2.69. The maximum Gasteiger partial charge on any atom is 0.306 e. The lowest BCUT2D eigenvalue weighted by Crippen LogP contribution is -2.09. The number of rotatable bonds is 11. The number of halogens is 6. The smallest absolute Gasteiger partial charge is 0.306 e. The molecule has 3 aromatic rings. The van der Waals surface area contributed by atoms with E-state index in [1.54, 1.807) is 19.1 Å². The average Bonchev–Trinajstić information content (AvgIpc) is 2.84. The van der Waals surface area contributed by atoms with E-state index in [0.29, 0.717) is 11.3 Å². The molecule has 6 nitrogen and oxygen atoms in total. The lowest BCUT2D eigenvalue weighted by atomic mass is 9.93. The lowest BCUT2D eigenvalue weighted by Gasteiger charge is -2.20. The van der Waals surface area contributed by atoms with Crippen LogP contribution in [-0.2, 0) is 10.1 Å². The van der Waals surface area contributed by atoms with Crippen molar-refractivity contribution in [3.05, 3.63) is 80.8 Å². The highest BCUT2D eigenvalue weighted by Gasteiger charge is 2.26. The molecule has 13 heteroatoms. The summed E-state index contributed by atoms with van der Waals surface area (Å²) in [4.78, 5) is 0. The van der Waals surface area contributed by atoms with Crippen molar-refractivity contribution in [3.63, 3.8) is 0 Å². The van der Waals surface area contributed by atoms with Gasteiger partial charge in [0, 0.05) is 28.9 Å². The van der Waals surface area contributed by atoms with Crippen molar-refractivity contribution < 1.29 is 30.9 Å². The van der Waals surface area contributed by atoms with Crippen LogP contribution in [0.3, 0.4) is 0 Å². The number of ether oxygens (including phenoxy) is 2. The van der Waals surface area contributed by atoms with E-state index in [1.165, 1.54) is 43.5 Å². The van der Waals surface area contributed by atoms with E-state index in [4.69, 9.17) is 60.1 Å². The molecule has 40 heavy (non-hydrogen) atoms. The molecule has 3 aromatic carbocycles. The molecule has 0 aliphatic carbocycles. The molecule has 0 aliphatic rings. The van der Waals surface area contributed by atoms with Crippen LogP contribution in [0.25, 0.3) is 22.3 Å². The molecule has 0 heterocycles. The summed E-state index contributed by atoms with van der Waals surface area (Å²) in [5, 5.41) is 2.95. The Morgan fingerprint density at radius 3 is 2.20 bits per heavy atom. The monoisotopic (exact) mass is 651 g/mol. The minimum Gasteiger partial charge on any atom is -0.492 e. The van der Waals surface area contributed by atoms with Gasteiger partial charge in [-0.15, -0.1) is 0 Å². The standard InChI is InChI=1S/C27H23Cl4F2NO5S/c1-15-12-19(18-6-5-17(14-20(18)32)34-10-8-23(28)29)26(37-2)27(39-40(3,35)36)25(15)16-4-7-22(21(33)13-16)38-11-9-24(30)31/h4-9,12-14,34H,10-11H2,1-3H3. The first kappa shape index (κ1) is 31.8. The maximum absolute atomic E-state index is 15.3. The first-order valence-electron chi connectivity index (χ1n) is 11.4. The molecule has 0 unspecified atom stereocenters. The molecular weight excluding hydrogens is 630 g/mol. The zero-order valence-corrected chi connectivity index (χ0v) is 25.2. The molecule has 0 bridgehead atoms. The molecular formula is C27H23Cl4F2NO5S. The Morgan fingerprint density at radius 1 is 0.925 bits per heavy atom. The van der Waals surface area contributed by atoms with E-state index >= 15 is 4.39 Å². The molecule has 0 aliphatic heterocycles. The fourth-order valence-corrected chi connectivity index (χ4v) is 4.56. The number of anilines is 1. The van der Waals surface area contributed by atoms with E-state index < -0.39 is 21.8 Å². The Kier molecular flexibility index (Phi) is 11.0. The molecule has 3 rings (SSSR count). The van der Waals surface area contributed by atoms with Gasteiger partial charge in [0.1, 0.15) is 21.4 Å². The van der Waals surface area contributed by atoms with Crippen LogP contribution in [0.2, 0.25) is 0 Å². The van der Waals surface area contributed by atoms with E-state index in [1.807, 2.05) is 0 Å². The minimum absolute atomic E-state index is 0.0295. The van der Waals surface area contributed by atoms with Crippen LogP contribution in [0, 0.1) is 18.6 Å². The fraction of sp³-hybridized carbons (Fsp3) is 0.185. The summed E-state index contributed by atoms with van der Waals surface area (Å²) in [5.74, 6) is -1.73. The molecule has 0 radical (unpaired) electrons. The number of hydrogen-bond acceptors (Lipinski definition) is 6. The SMILES string of the molecule is COc1c(-c2ccc(NCC=C(Cl)Cl)cc2F)cc(C)c(-c2ccc(OCC=C(Cl)Cl)c(F)c2)c1OS(C)(=O)=O. The van der Waals surface area contributed by atoms with E-state index in [9.17, 15) is 12.8 Å². The maximum atomic E-state index is 15.3. The molecule has 0 saturated heterocycles. The van der Waals surface area contributed by atoms with E-state index in [2.05, 4.69) is 5.32 Å². The van der Waals surface area contributed by atoms with Crippen molar-refractivity contribution in [1.29, 1.82) is 0 Å². The average molecular weight is 653 g/mol. The van der Waals surface area contributed by atoms with Crippen molar-refractivity contribution in [2.45, 2.75) is 6.92 Å². The molecule has 0 atom stereocenters. The van der Waals surface area contributed by atoms with Crippen molar-refractivity contribution in [2.24, 2.45) is 0 Å². The number of methoxy groups -OCH3 is 1. The summed E-state index contributed by atoms with van der Waals surface area (Å²) in [6.45, 7) is 1.85. The Balaban J connectivity index is 2.14. The Morgan fingerprint density at radius 2 is 1.62 bits per heavy atom. The minimum atomic E-state index is -4.09. The summed E-state index contributed by atoms with van der Waals surface area (Å²) in [6.07, 6.45) is 3.70. The summed E-state index contributed by atoms with van der Waals surface area (Å²) in [5.41, 5.74) is 1.74. The van der Waals surface area contributed by atoms with Gasteiger partial charge >= 0.3 is 10.1 Å². The van der Waals surface area contributed by atoms with Crippen LogP contribution >= 0.6 is 46.4 Å². The predicted molar refractivity (Wildman–Crippen MR) is 158 cm³/mol. The zero-order chi connectivity index (χ0) is 29.6. The van der Waals surface area contributed by atoms with Crippen molar-refractivity contribution in [3.8, 4) is 39.5 Å². The first-order chi connectivity index (χ1) is 18.8. The van der Waals surface area contributed by atoms with Gasteiger partial charge in [-0.05, 0) is 66.6 Å². The van der Waals surface area contributed by atoms with Gasteiger partial charge in [0.05, 0.1) is 13.4 Å². The highest BCUT2D eigenvalue weighted by molar-refractivity contribution is 7.86. The second kappa shape index (κ2) is 13.8. The third-order valence-corrected chi connectivity index (χ3v) is 6.48. The predicted octanol–water partition coefficient (Wildman–Crippen LogP) is 8.38. The largest absolute Gasteiger partial charge is 0.492 e. The molecule has 1 N–H and O–H groups in total. The normalized spacial score (nSPS) is 11.0. The summed E-state index contributed by atoms with van der Waals surface area (Å²) >= 11 is 22.3. The molecule has 0 amide bonds. The number of benzene rings is 3. The Bertz CT molecular complexity index is 1570. The number of aryl methyl sites for hydroxylation is 1. The van der Waals surface area contributed by atoms with Gasteiger partial charge in [0.25, 0.3) is 0 Å². The van der Waals surface area contributed by atoms with Crippen LogP contribution in [0.15, 0.2) is 63.6 Å². The second-order valence-corrected chi connectivity index (χ2v) is 11.9. The van der Waals surface area contributed by atoms with Gasteiger partial charge in [-0.1, -0.05) is 52.5 Å². The van der Waals surface area contributed by atoms with Gasteiger partial charge < -0.3 is 19.0 Å². The fourth-order valence-electron chi connectivity index (χ4n) is 3.82. The zero-order valence-electron chi connectivity index (χ0n) is 21.3. The van der Waals surface area contributed by atoms with E-state index in [-0.39, 0.29) is 61.6 Å². The Labute approximate surface area is 251 Å². The molecule has 0 spiro atoms. The van der Waals surface area contributed by atoms with E-state index in [0.717, 1.165) is 12.3 Å². The van der Waals surface area contributed by atoms with Crippen LogP contribution in [0.1, 0.15) is 5.56 Å². The van der Waals surface area contributed by atoms with Crippen LogP contribution in [0.4, 0.5) is 14.5 Å². The topological polar surface area (TPSA) is 73.9 Å². The number of hydrogen-bond donors (Lipinski definition) is 1. The summed E-state index contributed by atoms with van der Waals surface area (Å²) in [7, 11) is -2.80. The lowest BCUT2D eigenvalue weighted by molar-refractivity contribution is 0.341. The molecule has 0 saturated carbocycles. The van der Waals surface area contributed by atoms with Crippen molar-refractivity contribution >= 4 is 62.2 Å². The van der Waals surface area contributed by atoms with Gasteiger partial charge in [0.2, 0.25) is 0 Å². The van der Waals surface area contributed by atoms with Gasteiger partial charge in [-0.25, -0.2) is 8.78 Å². The molecule has 0 fully saturated rings. The third-order valence-electron chi connectivity index (χ3n) is 5.39. The third kappa shape index (κ3) is 8.41. The molecule has 214 valence electrons. The summed E-state index contributed by atoms with van der Waals surface area (Å²) < 4.78 is 71.0. The second-order valence-electron chi connectivity index (χ2n) is 8.29. The van der Waals surface area contributed by atoms with Gasteiger partial charge in [-0.3, -0.25) is 0 Å². The van der Waals surface area contributed by atoms with Gasteiger partial charge in [0.15, 0.2) is 23.1 Å². The molecule has 0 aromatic heterocycles. The van der Waals surface area contributed by atoms with Gasteiger partial charge in [-0.2, -0.15) is 8.42 Å². The summed E-state index contributed by atoms with van der Waals surface area (Å²) in [6, 6.07) is 10.0. The highest BCUT2D eigenvalue weighted by Crippen LogP contribution is 2.48. The first-order valence-corrected chi connectivity index (χ1v) is 14.7. The van der Waals surface area contributed by atoms with Crippen LogP contribution in [0.5, 0.6) is 17.2 Å². The number of nitrogens with one attached hydrogen (secondary N) is 1. The highest BCUT2D eigenvalue weighted by atomic mass is 35.5.